The number of rotatable bonds is 7. The Morgan fingerprint density at radius 3 is 2.35 bits per heavy atom. The van der Waals surface area contributed by atoms with Gasteiger partial charge in [-0.3, -0.25) is 4.79 Å². The molecule has 0 aliphatic rings. The molecule has 0 saturated carbocycles. The van der Waals surface area contributed by atoms with Crippen LogP contribution in [0.2, 0.25) is 0 Å². The summed E-state index contributed by atoms with van der Waals surface area (Å²) in [5, 5.41) is 6.86. The van der Waals surface area contributed by atoms with Gasteiger partial charge < -0.3 is 19.3 Å². The predicted octanol–water partition coefficient (Wildman–Crippen LogP) is 4.88. The first-order valence-corrected chi connectivity index (χ1v) is 9.70. The Bertz CT molecular complexity index is 1170. The summed E-state index contributed by atoms with van der Waals surface area (Å²) in [7, 11) is 1.54. The number of benzene rings is 3. The maximum atomic E-state index is 13.1. The van der Waals surface area contributed by atoms with E-state index in [1.807, 2.05) is 60.7 Å². The fourth-order valence-electron chi connectivity index (χ4n) is 3.07. The van der Waals surface area contributed by atoms with Gasteiger partial charge in [0, 0.05) is 18.2 Å². The number of anilines is 1. The second-order valence-corrected chi connectivity index (χ2v) is 6.78. The molecule has 7 nitrogen and oxygen atoms in total. The van der Waals surface area contributed by atoms with Crippen molar-refractivity contribution in [3.63, 3.8) is 0 Å². The van der Waals surface area contributed by atoms with Crippen LogP contribution in [-0.2, 0) is 6.61 Å². The Balaban J connectivity index is 1.72. The van der Waals surface area contributed by atoms with Gasteiger partial charge in [-0.25, -0.2) is 0 Å². The van der Waals surface area contributed by atoms with Gasteiger partial charge in [0.15, 0.2) is 11.5 Å². The van der Waals surface area contributed by atoms with Crippen molar-refractivity contribution < 1.29 is 18.8 Å². The third-order valence-electron chi connectivity index (χ3n) is 4.59. The number of ether oxygens (including phenoxy) is 2. The monoisotopic (exact) mass is 415 g/mol. The van der Waals surface area contributed by atoms with Crippen molar-refractivity contribution in [1.29, 1.82) is 0 Å². The summed E-state index contributed by atoms with van der Waals surface area (Å²) in [5.41, 5.74) is 2.49. The fourth-order valence-corrected chi connectivity index (χ4v) is 3.07. The topological polar surface area (TPSA) is 86.5 Å². The van der Waals surface area contributed by atoms with Crippen molar-refractivity contribution in [3.05, 3.63) is 89.8 Å². The van der Waals surface area contributed by atoms with Crippen LogP contribution in [0.1, 0.15) is 21.8 Å². The summed E-state index contributed by atoms with van der Waals surface area (Å²) >= 11 is 0. The van der Waals surface area contributed by atoms with Crippen LogP contribution in [0.5, 0.6) is 11.5 Å². The van der Waals surface area contributed by atoms with E-state index in [1.54, 1.807) is 26.2 Å². The van der Waals surface area contributed by atoms with E-state index < -0.39 is 0 Å². The summed E-state index contributed by atoms with van der Waals surface area (Å²) < 4.78 is 16.6. The van der Waals surface area contributed by atoms with Crippen LogP contribution in [0.4, 0.5) is 5.69 Å². The molecule has 1 aromatic heterocycles. The maximum Gasteiger partial charge on any atom is 0.256 e. The first-order chi connectivity index (χ1) is 15.1. The second-order valence-electron chi connectivity index (χ2n) is 6.78. The minimum Gasteiger partial charge on any atom is -0.493 e. The number of carbonyl (C=O) groups excluding carboxylic acids is 1. The molecule has 0 atom stereocenters. The van der Waals surface area contributed by atoms with Crippen molar-refractivity contribution in [3.8, 4) is 22.9 Å². The van der Waals surface area contributed by atoms with Crippen molar-refractivity contribution in [2.75, 3.05) is 12.4 Å². The van der Waals surface area contributed by atoms with Crippen molar-refractivity contribution >= 4 is 11.6 Å². The van der Waals surface area contributed by atoms with E-state index in [1.165, 1.54) is 0 Å². The number of carbonyl (C=O) groups is 1. The summed E-state index contributed by atoms with van der Waals surface area (Å²) in [6.45, 7) is 2.02. The lowest BCUT2D eigenvalue weighted by Crippen LogP contribution is -2.14. The largest absolute Gasteiger partial charge is 0.493 e. The van der Waals surface area contributed by atoms with Gasteiger partial charge in [0.1, 0.15) is 6.61 Å². The first-order valence-electron chi connectivity index (χ1n) is 9.70. The van der Waals surface area contributed by atoms with E-state index in [9.17, 15) is 4.79 Å². The molecule has 0 fully saturated rings. The van der Waals surface area contributed by atoms with Crippen molar-refractivity contribution in [2.24, 2.45) is 0 Å². The van der Waals surface area contributed by atoms with E-state index in [0.29, 0.717) is 46.6 Å². The molecule has 1 amide bonds. The number of amides is 1. The van der Waals surface area contributed by atoms with E-state index in [4.69, 9.17) is 14.0 Å². The quantitative estimate of drug-likeness (QED) is 0.463. The molecule has 31 heavy (non-hydrogen) atoms. The highest BCUT2D eigenvalue weighted by Crippen LogP contribution is 2.36. The average molecular weight is 415 g/mol. The Hall–Kier alpha value is -4.13. The highest BCUT2D eigenvalue weighted by atomic mass is 16.5. The number of aryl methyl sites for hydroxylation is 1. The zero-order valence-corrected chi connectivity index (χ0v) is 17.2. The smallest absolute Gasteiger partial charge is 0.256 e. The van der Waals surface area contributed by atoms with E-state index in [-0.39, 0.29) is 5.91 Å². The molecule has 4 aromatic rings. The molecule has 0 unspecified atom stereocenters. The lowest BCUT2D eigenvalue weighted by atomic mass is 10.0. The van der Waals surface area contributed by atoms with Crippen LogP contribution >= 0.6 is 0 Å². The number of para-hydroxylation sites is 1. The number of methoxy groups -OCH3 is 1. The number of aromatic nitrogens is 2. The molecule has 0 aliphatic heterocycles. The van der Waals surface area contributed by atoms with Gasteiger partial charge in [0.2, 0.25) is 11.7 Å². The van der Waals surface area contributed by atoms with Gasteiger partial charge in [-0.05, 0) is 29.8 Å². The lowest BCUT2D eigenvalue weighted by Gasteiger charge is -2.15. The van der Waals surface area contributed by atoms with Gasteiger partial charge in [0.05, 0.1) is 12.7 Å². The highest BCUT2D eigenvalue weighted by molar-refractivity contribution is 6.08. The van der Waals surface area contributed by atoms with Gasteiger partial charge in [0.25, 0.3) is 5.91 Å². The molecule has 0 spiro atoms. The predicted molar refractivity (Wildman–Crippen MR) is 116 cm³/mol. The summed E-state index contributed by atoms with van der Waals surface area (Å²) in [6.07, 6.45) is 0. The third-order valence-corrected chi connectivity index (χ3v) is 4.59. The van der Waals surface area contributed by atoms with Crippen LogP contribution in [-0.4, -0.2) is 23.2 Å². The van der Waals surface area contributed by atoms with E-state index in [0.717, 1.165) is 5.56 Å². The highest BCUT2D eigenvalue weighted by Gasteiger charge is 2.22. The summed E-state index contributed by atoms with van der Waals surface area (Å²) in [5.74, 6) is 1.27. The van der Waals surface area contributed by atoms with Crippen LogP contribution in [0, 0.1) is 6.92 Å². The molecule has 3 aromatic carbocycles. The second kappa shape index (κ2) is 9.13. The Morgan fingerprint density at radius 1 is 1.00 bits per heavy atom. The van der Waals surface area contributed by atoms with Crippen LogP contribution < -0.4 is 14.8 Å². The standard InChI is InChI=1S/C24H21N3O4/c1-16-25-23(27-31-16)19-13-21(29-2)22(30-15-17-9-5-3-6-10-17)14-20(19)24(28)26-18-11-7-4-8-12-18/h3-14H,15H2,1-2H3,(H,26,28). The van der Waals surface area contributed by atoms with Gasteiger partial charge in [-0.2, -0.15) is 4.98 Å². The molecular formula is C24H21N3O4. The van der Waals surface area contributed by atoms with Crippen molar-refractivity contribution in [2.45, 2.75) is 13.5 Å². The lowest BCUT2D eigenvalue weighted by molar-refractivity contribution is 0.102. The molecule has 0 radical (unpaired) electrons. The maximum absolute atomic E-state index is 13.1. The fraction of sp³-hybridized carbons (Fsp3) is 0.125. The molecule has 0 aliphatic carbocycles. The van der Waals surface area contributed by atoms with E-state index >= 15 is 0 Å². The van der Waals surface area contributed by atoms with E-state index in [2.05, 4.69) is 15.5 Å². The normalized spacial score (nSPS) is 10.5. The van der Waals surface area contributed by atoms with Gasteiger partial charge >= 0.3 is 0 Å². The Labute approximate surface area is 179 Å². The zero-order valence-electron chi connectivity index (χ0n) is 17.2. The average Bonchev–Trinajstić information content (AvgIpc) is 3.24. The zero-order chi connectivity index (χ0) is 21.6. The molecular weight excluding hydrogens is 394 g/mol. The molecule has 7 heteroatoms. The molecule has 4 rings (SSSR count). The third kappa shape index (κ3) is 4.72. The minimum atomic E-state index is -0.323. The Morgan fingerprint density at radius 2 is 1.71 bits per heavy atom. The molecule has 0 bridgehead atoms. The minimum absolute atomic E-state index is 0.295. The number of hydrogen-bond donors (Lipinski definition) is 1. The molecule has 1 N–H and O–H groups in total. The summed E-state index contributed by atoms with van der Waals surface area (Å²) in [4.78, 5) is 17.4. The summed E-state index contributed by atoms with van der Waals surface area (Å²) in [6, 6.07) is 22.3. The molecule has 0 saturated heterocycles. The number of hydrogen-bond acceptors (Lipinski definition) is 6. The number of nitrogens with zero attached hydrogens (tertiary/aromatic N) is 2. The first kappa shape index (κ1) is 20.2. The van der Waals surface area contributed by atoms with Gasteiger partial charge in [-0.1, -0.05) is 53.7 Å². The molecule has 156 valence electrons. The van der Waals surface area contributed by atoms with Crippen molar-refractivity contribution in [1.82, 2.24) is 10.1 Å². The number of nitrogens with one attached hydrogen (secondary N) is 1. The molecule has 1 heterocycles. The van der Waals surface area contributed by atoms with Crippen LogP contribution in [0.3, 0.4) is 0 Å². The van der Waals surface area contributed by atoms with Crippen LogP contribution in [0.25, 0.3) is 11.4 Å². The SMILES string of the molecule is COc1cc(-c2noc(C)n2)c(C(=O)Nc2ccccc2)cc1OCc1ccccc1. The van der Waals surface area contributed by atoms with Crippen LogP contribution in [0.15, 0.2) is 77.3 Å². The van der Waals surface area contributed by atoms with Gasteiger partial charge in [-0.15, -0.1) is 0 Å². The Kier molecular flexibility index (Phi) is 5.93.